The molecule has 0 aliphatic carbocycles. The molecule has 4 N–H and O–H groups in total. The van der Waals surface area contributed by atoms with Crippen molar-refractivity contribution in [1.29, 1.82) is 0 Å². The fourth-order valence-electron chi connectivity index (χ4n) is 0.159. The van der Waals surface area contributed by atoms with Crippen LogP contribution in [0.3, 0.4) is 0 Å². The number of nitrogens with two attached hydrogens (primary N) is 2. The van der Waals surface area contributed by atoms with Gasteiger partial charge in [-0.15, -0.1) is 11.6 Å². The van der Waals surface area contributed by atoms with Crippen LogP contribution in [-0.4, -0.2) is 12.0 Å². The van der Waals surface area contributed by atoms with Crippen molar-refractivity contribution in [2.45, 2.75) is 11.9 Å². The topological polar surface area (TPSA) is 52.0 Å². The maximum Gasteiger partial charge on any atom is 0.0812 e. The molecular formula is C3H9ClN2. The molecule has 0 unspecified atom stereocenters. The zero-order chi connectivity index (χ0) is 4.99. The Hall–Kier alpha value is 0.210. The molecule has 0 amide bonds. The van der Waals surface area contributed by atoms with Crippen molar-refractivity contribution in [3.8, 4) is 0 Å². The Kier molecular flexibility index (Phi) is 3.52. The second-order valence-electron chi connectivity index (χ2n) is 1.09. The van der Waals surface area contributed by atoms with Gasteiger partial charge >= 0.3 is 0 Å². The van der Waals surface area contributed by atoms with Gasteiger partial charge in [-0.3, -0.25) is 0 Å². The highest BCUT2D eigenvalue weighted by Gasteiger charge is 1.88. The van der Waals surface area contributed by atoms with Gasteiger partial charge in [-0.2, -0.15) is 0 Å². The summed E-state index contributed by atoms with van der Waals surface area (Å²) >= 11 is 5.28. The van der Waals surface area contributed by atoms with Crippen molar-refractivity contribution in [1.82, 2.24) is 0 Å². The summed E-state index contributed by atoms with van der Waals surface area (Å²) in [7, 11) is 0. The molecule has 0 saturated heterocycles. The minimum atomic E-state index is -0.255. The smallest absolute Gasteiger partial charge is 0.0812 e. The quantitative estimate of drug-likeness (QED) is 0.382. The molecule has 1 atom stereocenters. The second kappa shape index (κ2) is 3.40. The number of halogens is 1. The van der Waals surface area contributed by atoms with Gasteiger partial charge in [-0.1, -0.05) is 0 Å². The van der Waals surface area contributed by atoms with Crippen molar-refractivity contribution in [3.63, 3.8) is 0 Å². The Bertz CT molecular complexity index is 30.0. The molecule has 0 radical (unpaired) electrons. The minimum Gasteiger partial charge on any atom is -0.330 e. The first-order valence-corrected chi connectivity index (χ1v) is 2.30. The lowest BCUT2D eigenvalue weighted by molar-refractivity contribution is 0.789. The highest BCUT2D eigenvalue weighted by atomic mass is 35.5. The Morgan fingerprint density at radius 3 is 2.17 bits per heavy atom. The summed E-state index contributed by atoms with van der Waals surface area (Å²) < 4.78 is 0. The molecular weight excluding hydrogens is 99.5 g/mol. The average Bonchev–Trinajstić information content (AvgIpc) is 1.35. The van der Waals surface area contributed by atoms with E-state index in [4.69, 9.17) is 23.1 Å². The molecule has 0 spiro atoms. The van der Waals surface area contributed by atoms with E-state index in [1.807, 2.05) is 0 Å². The molecule has 0 aliphatic rings. The van der Waals surface area contributed by atoms with E-state index in [0.29, 0.717) is 13.0 Å². The summed E-state index contributed by atoms with van der Waals surface area (Å²) in [5.74, 6) is 0. The number of hydrogen-bond acceptors (Lipinski definition) is 2. The van der Waals surface area contributed by atoms with Crippen LogP contribution in [0.15, 0.2) is 0 Å². The Morgan fingerprint density at radius 1 is 1.67 bits per heavy atom. The highest BCUT2D eigenvalue weighted by Crippen LogP contribution is 1.87. The lowest BCUT2D eigenvalue weighted by atomic mass is 10.4. The molecule has 2 nitrogen and oxygen atoms in total. The van der Waals surface area contributed by atoms with Crippen molar-refractivity contribution in [2.75, 3.05) is 6.54 Å². The molecule has 0 aromatic heterocycles. The predicted octanol–water partition coefficient (Wildman–Crippen LogP) is -0.141. The van der Waals surface area contributed by atoms with Crippen LogP contribution in [0.2, 0.25) is 0 Å². The largest absolute Gasteiger partial charge is 0.330 e. The van der Waals surface area contributed by atoms with Crippen LogP contribution in [0.1, 0.15) is 6.42 Å². The third-order valence-electron chi connectivity index (χ3n) is 0.442. The third-order valence-corrected chi connectivity index (χ3v) is 0.661. The Balaban J connectivity index is 2.63. The van der Waals surface area contributed by atoms with E-state index in [2.05, 4.69) is 0 Å². The molecule has 0 aromatic carbocycles. The molecule has 0 aromatic rings. The molecule has 0 fully saturated rings. The molecule has 0 rings (SSSR count). The van der Waals surface area contributed by atoms with Crippen molar-refractivity contribution >= 4 is 11.6 Å². The zero-order valence-electron chi connectivity index (χ0n) is 3.52. The summed E-state index contributed by atoms with van der Waals surface area (Å²) in [5.41, 5.74) is 9.90. The van der Waals surface area contributed by atoms with E-state index in [1.165, 1.54) is 0 Å². The monoisotopic (exact) mass is 108 g/mol. The first-order valence-electron chi connectivity index (χ1n) is 1.87. The fourth-order valence-corrected chi connectivity index (χ4v) is 0.285. The van der Waals surface area contributed by atoms with Crippen LogP contribution < -0.4 is 11.5 Å². The molecule has 0 saturated carbocycles. The lowest BCUT2D eigenvalue weighted by Gasteiger charge is -1.94. The van der Waals surface area contributed by atoms with E-state index >= 15 is 0 Å². The predicted molar refractivity (Wildman–Crippen MR) is 27.5 cm³/mol. The minimum absolute atomic E-state index is 0.255. The van der Waals surface area contributed by atoms with E-state index < -0.39 is 0 Å². The SMILES string of the molecule is NCC[C@H](N)Cl. The summed E-state index contributed by atoms with van der Waals surface area (Å²) in [6.45, 7) is 0.574. The Labute approximate surface area is 42.5 Å². The van der Waals surface area contributed by atoms with E-state index in [0.717, 1.165) is 0 Å². The zero-order valence-corrected chi connectivity index (χ0v) is 4.28. The van der Waals surface area contributed by atoms with Crippen LogP contribution in [-0.2, 0) is 0 Å². The molecule has 3 heteroatoms. The van der Waals surface area contributed by atoms with Gasteiger partial charge in [0.2, 0.25) is 0 Å². The van der Waals surface area contributed by atoms with Crippen LogP contribution >= 0.6 is 11.6 Å². The van der Waals surface area contributed by atoms with Crippen LogP contribution in [0.4, 0.5) is 0 Å². The number of rotatable bonds is 2. The van der Waals surface area contributed by atoms with E-state index in [1.54, 1.807) is 0 Å². The van der Waals surface area contributed by atoms with Crippen LogP contribution in [0.25, 0.3) is 0 Å². The summed E-state index contributed by atoms with van der Waals surface area (Å²) in [6, 6.07) is 0. The molecule has 38 valence electrons. The molecule has 0 aliphatic heterocycles. The van der Waals surface area contributed by atoms with E-state index in [9.17, 15) is 0 Å². The molecule has 0 heterocycles. The average molecular weight is 109 g/mol. The second-order valence-corrected chi connectivity index (χ2v) is 1.65. The maximum atomic E-state index is 5.28. The number of alkyl halides is 1. The van der Waals surface area contributed by atoms with Gasteiger partial charge in [-0.05, 0) is 13.0 Å². The Morgan fingerprint density at radius 2 is 2.17 bits per heavy atom. The number of hydrogen-bond donors (Lipinski definition) is 2. The van der Waals surface area contributed by atoms with Gasteiger partial charge < -0.3 is 11.5 Å². The highest BCUT2D eigenvalue weighted by molar-refractivity contribution is 6.20. The van der Waals surface area contributed by atoms with Gasteiger partial charge in [0, 0.05) is 0 Å². The van der Waals surface area contributed by atoms with Gasteiger partial charge in [0.05, 0.1) is 5.50 Å². The van der Waals surface area contributed by atoms with E-state index in [-0.39, 0.29) is 5.50 Å². The molecule has 6 heavy (non-hydrogen) atoms. The van der Waals surface area contributed by atoms with Crippen LogP contribution in [0.5, 0.6) is 0 Å². The van der Waals surface area contributed by atoms with Crippen molar-refractivity contribution in [2.24, 2.45) is 11.5 Å². The standard InChI is InChI=1S/C3H9ClN2/c4-3(6)1-2-5/h3H,1-2,5-6H2/t3-/m0/s1. The fraction of sp³-hybridized carbons (Fsp3) is 1.00. The third kappa shape index (κ3) is 4.21. The summed E-state index contributed by atoms with van der Waals surface area (Å²) in [4.78, 5) is 0. The van der Waals surface area contributed by atoms with Gasteiger partial charge in [0.25, 0.3) is 0 Å². The summed E-state index contributed by atoms with van der Waals surface area (Å²) in [5, 5.41) is 0. The van der Waals surface area contributed by atoms with Crippen LogP contribution in [0, 0.1) is 0 Å². The lowest BCUT2D eigenvalue weighted by Crippen LogP contribution is -2.16. The van der Waals surface area contributed by atoms with Gasteiger partial charge in [-0.25, -0.2) is 0 Å². The van der Waals surface area contributed by atoms with Crippen molar-refractivity contribution in [3.05, 3.63) is 0 Å². The molecule has 0 bridgehead atoms. The van der Waals surface area contributed by atoms with Crippen molar-refractivity contribution < 1.29 is 0 Å². The van der Waals surface area contributed by atoms with Gasteiger partial charge in [0.1, 0.15) is 0 Å². The van der Waals surface area contributed by atoms with Gasteiger partial charge in [0.15, 0.2) is 0 Å². The maximum absolute atomic E-state index is 5.28. The first-order chi connectivity index (χ1) is 2.77. The summed E-state index contributed by atoms with van der Waals surface area (Å²) in [6.07, 6.45) is 0.696. The first kappa shape index (κ1) is 6.21. The normalized spacial score (nSPS) is 14.5.